The highest BCUT2D eigenvalue weighted by Crippen LogP contribution is 2.39. The molecule has 1 fully saturated rings. The van der Waals surface area contributed by atoms with E-state index in [0.717, 1.165) is 21.7 Å². The summed E-state index contributed by atoms with van der Waals surface area (Å²) in [6.07, 6.45) is 2.69. The number of rotatable bonds is 5. The van der Waals surface area contributed by atoms with Crippen molar-refractivity contribution < 1.29 is 23.7 Å². The van der Waals surface area contributed by atoms with Crippen LogP contribution in [-0.2, 0) is 16.1 Å². The number of amides is 3. The zero-order valence-electron chi connectivity index (χ0n) is 17.2. The molecule has 2 aromatic rings. The van der Waals surface area contributed by atoms with Crippen LogP contribution in [0.2, 0.25) is 0 Å². The first kappa shape index (κ1) is 21.4. The van der Waals surface area contributed by atoms with Gasteiger partial charge in [-0.3, -0.25) is 24.5 Å². The van der Waals surface area contributed by atoms with Gasteiger partial charge in [0.2, 0.25) is 0 Å². The number of hydrazine groups is 1. The Hall–Kier alpha value is -3.88. The summed E-state index contributed by atoms with van der Waals surface area (Å²) in [7, 11) is 0. The van der Waals surface area contributed by atoms with E-state index in [1.807, 2.05) is 13.0 Å². The summed E-state index contributed by atoms with van der Waals surface area (Å²) in [5.74, 6) is -3.64. The van der Waals surface area contributed by atoms with Crippen LogP contribution in [0.4, 0.5) is 10.1 Å². The van der Waals surface area contributed by atoms with Gasteiger partial charge in [-0.25, -0.2) is 9.40 Å². The smallest absolute Gasteiger partial charge is 0.272 e. The Morgan fingerprint density at radius 1 is 1.16 bits per heavy atom. The minimum atomic E-state index is -0.804. The van der Waals surface area contributed by atoms with Crippen LogP contribution in [0.25, 0.3) is 0 Å². The predicted molar refractivity (Wildman–Crippen MR) is 111 cm³/mol. The van der Waals surface area contributed by atoms with Crippen LogP contribution in [-0.4, -0.2) is 32.7 Å². The van der Waals surface area contributed by atoms with Crippen LogP contribution in [0.1, 0.15) is 35.7 Å². The number of nitro benzene ring substituents is 1. The van der Waals surface area contributed by atoms with Crippen LogP contribution in [0.15, 0.2) is 60.2 Å². The summed E-state index contributed by atoms with van der Waals surface area (Å²) in [5.41, 5.74) is 0.700. The van der Waals surface area contributed by atoms with E-state index >= 15 is 0 Å². The summed E-state index contributed by atoms with van der Waals surface area (Å²) in [6, 6.07) is 10.7. The molecule has 9 heteroatoms. The normalized spacial score (nSPS) is 20.1. The standard InChI is InChI=1S/C23H20FN3O5/c1-14-9-10-18-19(11-14)23(30)26(22(18)29)25(13-16-5-2-3-8-20(16)24)21(28)15-6-4-7-17(12-15)27(31)32/h2-9,12,18-19H,10-11,13H2,1H3/t18-,19+/m0/s1. The molecule has 0 radical (unpaired) electrons. The van der Waals surface area contributed by atoms with E-state index in [9.17, 15) is 28.9 Å². The van der Waals surface area contributed by atoms with Crippen LogP contribution in [0.5, 0.6) is 0 Å². The average molecular weight is 437 g/mol. The largest absolute Gasteiger partial charge is 0.273 e. The van der Waals surface area contributed by atoms with Gasteiger partial charge in [0.15, 0.2) is 0 Å². The van der Waals surface area contributed by atoms with Gasteiger partial charge in [0, 0.05) is 23.3 Å². The van der Waals surface area contributed by atoms with Crippen molar-refractivity contribution in [2.24, 2.45) is 11.8 Å². The first-order chi connectivity index (χ1) is 15.3. The van der Waals surface area contributed by atoms with E-state index in [-0.39, 0.29) is 23.4 Å². The van der Waals surface area contributed by atoms with Gasteiger partial charge < -0.3 is 0 Å². The van der Waals surface area contributed by atoms with Crippen molar-refractivity contribution in [2.45, 2.75) is 26.3 Å². The van der Waals surface area contributed by atoms with Crippen molar-refractivity contribution in [3.63, 3.8) is 0 Å². The summed E-state index contributed by atoms with van der Waals surface area (Å²) in [6.45, 7) is 1.50. The molecule has 1 saturated heterocycles. The Kier molecular flexibility index (Phi) is 5.56. The molecule has 0 spiro atoms. The second-order valence-corrected chi connectivity index (χ2v) is 7.95. The number of imide groups is 1. The van der Waals surface area contributed by atoms with Crippen molar-refractivity contribution >= 4 is 23.4 Å². The Bertz CT molecular complexity index is 1160. The average Bonchev–Trinajstić information content (AvgIpc) is 3.02. The van der Waals surface area contributed by atoms with Crippen LogP contribution in [0.3, 0.4) is 0 Å². The maximum absolute atomic E-state index is 14.4. The van der Waals surface area contributed by atoms with E-state index in [4.69, 9.17) is 0 Å². The molecule has 2 aromatic carbocycles. The minimum Gasteiger partial charge on any atom is -0.272 e. The topological polar surface area (TPSA) is 101 Å². The number of nitrogens with zero attached hydrogens (tertiary/aromatic N) is 3. The fourth-order valence-electron chi connectivity index (χ4n) is 4.18. The lowest BCUT2D eigenvalue weighted by atomic mass is 9.82. The number of allylic oxidation sites excluding steroid dienone is 2. The van der Waals surface area contributed by atoms with Crippen molar-refractivity contribution in [2.75, 3.05) is 0 Å². The molecule has 2 atom stereocenters. The minimum absolute atomic E-state index is 0.0830. The summed E-state index contributed by atoms with van der Waals surface area (Å²) >= 11 is 0. The lowest BCUT2D eigenvalue weighted by Gasteiger charge is -2.30. The summed E-state index contributed by atoms with van der Waals surface area (Å²) in [5, 5.41) is 12.8. The second kappa shape index (κ2) is 8.33. The molecule has 0 bridgehead atoms. The number of hydrogen-bond acceptors (Lipinski definition) is 5. The molecule has 3 amide bonds. The summed E-state index contributed by atoms with van der Waals surface area (Å²) < 4.78 is 14.4. The molecule has 32 heavy (non-hydrogen) atoms. The van der Waals surface area contributed by atoms with Crippen LogP contribution in [0, 0.1) is 27.8 Å². The number of carbonyl (C=O) groups is 3. The van der Waals surface area contributed by atoms with Gasteiger partial charge in [-0.05, 0) is 31.9 Å². The second-order valence-electron chi connectivity index (χ2n) is 7.95. The number of hydrogen-bond donors (Lipinski definition) is 0. The maximum Gasteiger partial charge on any atom is 0.273 e. The van der Waals surface area contributed by atoms with E-state index in [1.165, 1.54) is 36.4 Å². The molecule has 0 unspecified atom stereocenters. The first-order valence-corrected chi connectivity index (χ1v) is 10.1. The van der Waals surface area contributed by atoms with Crippen LogP contribution >= 0.6 is 0 Å². The fraction of sp³-hybridized carbons (Fsp3) is 0.261. The third kappa shape index (κ3) is 3.77. The van der Waals surface area contributed by atoms with Gasteiger partial charge >= 0.3 is 0 Å². The van der Waals surface area contributed by atoms with Gasteiger partial charge in [-0.2, -0.15) is 5.01 Å². The number of non-ortho nitro benzene ring substituents is 1. The quantitative estimate of drug-likeness (QED) is 0.308. The molecule has 0 saturated carbocycles. The van der Waals surface area contributed by atoms with E-state index < -0.39 is 40.3 Å². The molecule has 1 aliphatic carbocycles. The highest BCUT2D eigenvalue weighted by atomic mass is 19.1. The number of halogens is 1. The molecule has 1 aliphatic heterocycles. The van der Waals surface area contributed by atoms with E-state index in [1.54, 1.807) is 6.07 Å². The van der Waals surface area contributed by atoms with Gasteiger partial charge in [-0.15, -0.1) is 0 Å². The molecule has 1 heterocycles. The molecular weight excluding hydrogens is 417 g/mol. The fourth-order valence-corrected chi connectivity index (χ4v) is 4.18. The third-order valence-electron chi connectivity index (χ3n) is 5.86. The molecule has 0 N–H and O–H groups in total. The van der Waals surface area contributed by atoms with Gasteiger partial charge in [0.25, 0.3) is 23.4 Å². The highest BCUT2D eigenvalue weighted by Gasteiger charge is 2.51. The van der Waals surface area contributed by atoms with E-state index in [2.05, 4.69) is 0 Å². The van der Waals surface area contributed by atoms with Crippen molar-refractivity contribution in [1.82, 2.24) is 10.0 Å². The van der Waals surface area contributed by atoms with E-state index in [0.29, 0.717) is 12.8 Å². The number of benzene rings is 2. The predicted octanol–water partition coefficient (Wildman–Crippen LogP) is 3.63. The lowest BCUT2D eigenvalue weighted by Crippen LogP contribution is -2.50. The molecule has 2 aliphatic rings. The Balaban J connectivity index is 1.75. The Labute approximate surface area is 183 Å². The van der Waals surface area contributed by atoms with Gasteiger partial charge in [-0.1, -0.05) is 35.9 Å². The lowest BCUT2D eigenvalue weighted by molar-refractivity contribution is -0.384. The Morgan fingerprint density at radius 3 is 2.59 bits per heavy atom. The molecule has 0 aromatic heterocycles. The van der Waals surface area contributed by atoms with Crippen molar-refractivity contribution in [3.8, 4) is 0 Å². The van der Waals surface area contributed by atoms with Crippen molar-refractivity contribution in [3.05, 3.63) is 87.2 Å². The number of nitro groups is 1. The molecule has 8 nitrogen and oxygen atoms in total. The monoisotopic (exact) mass is 437 g/mol. The first-order valence-electron chi connectivity index (χ1n) is 10.1. The maximum atomic E-state index is 14.4. The zero-order chi connectivity index (χ0) is 23.0. The van der Waals surface area contributed by atoms with Gasteiger partial charge in [0.1, 0.15) is 5.82 Å². The number of fused-ring (bicyclic) bond motifs is 1. The zero-order valence-corrected chi connectivity index (χ0v) is 17.2. The summed E-state index contributed by atoms with van der Waals surface area (Å²) in [4.78, 5) is 50.3. The molecular formula is C23H20FN3O5. The molecule has 164 valence electrons. The van der Waals surface area contributed by atoms with Crippen molar-refractivity contribution in [1.29, 1.82) is 0 Å². The van der Waals surface area contributed by atoms with Crippen LogP contribution < -0.4 is 0 Å². The van der Waals surface area contributed by atoms with Gasteiger partial charge in [0.05, 0.1) is 23.3 Å². The molecule has 4 rings (SSSR count). The highest BCUT2D eigenvalue weighted by molar-refractivity contribution is 6.08. The SMILES string of the molecule is CC1=CC[C@@H]2C(=O)N(N(Cc3ccccc3F)C(=O)c3cccc([N+](=O)[O-])c3)C(=O)[C@@H]2C1. The third-order valence-corrected chi connectivity index (χ3v) is 5.86. The number of carbonyl (C=O) groups excluding carboxylic acids is 3. The Morgan fingerprint density at radius 2 is 1.88 bits per heavy atom.